The standard InChI is InChI=1S/C13H20N2O4/c1-2-18-13-8-11(19-15-13)5-6-12(16)14-10-4-3-7-17-9-10/h8,10H,2-7,9H2,1H3,(H,14,16). The van der Waals surface area contributed by atoms with Gasteiger partial charge in [-0.15, -0.1) is 0 Å². The van der Waals surface area contributed by atoms with Crippen LogP contribution in [0.25, 0.3) is 0 Å². The van der Waals surface area contributed by atoms with Gasteiger partial charge in [-0.1, -0.05) is 0 Å². The summed E-state index contributed by atoms with van der Waals surface area (Å²) in [6.45, 7) is 3.84. The van der Waals surface area contributed by atoms with E-state index in [2.05, 4.69) is 10.5 Å². The van der Waals surface area contributed by atoms with Crippen LogP contribution in [0, 0.1) is 0 Å². The van der Waals surface area contributed by atoms with E-state index in [0.717, 1.165) is 19.4 Å². The van der Waals surface area contributed by atoms with Crippen LogP contribution in [0.1, 0.15) is 31.9 Å². The van der Waals surface area contributed by atoms with Crippen LogP contribution in [-0.4, -0.2) is 36.9 Å². The first-order valence-corrected chi connectivity index (χ1v) is 6.73. The Morgan fingerprint density at radius 1 is 1.63 bits per heavy atom. The Balaban J connectivity index is 1.69. The lowest BCUT2D eigenvalue weighted by atomic mass is 10.1. The van der Waals surface area contributed by atoms with E-state index in [4.69, 9.17) is 14.0 Å². The van der Waals surface area contributed by atoms with Crippen molar-refractivity contribution < 1.29 is 18.8 Å². The minimum Gasteiger partial charge on any atom is -0.476 e. The SMILES string of the molecule is CCOc1cc(CCC(=O)NC2CCCOC2)on1. The maximum Gasteiger partial charge on any atom is 0.254 e. The predicted octanol–water partition coefficient (Wildman–Crippen LogP) is 1.30. The molecule has 1 aromatic heterocycles. The van der Waals surface area contributed by atoms with Crippen molar-refractivity contribution in [1.82, 2.24) is 10.5 Å². The number of ether oxygens (including phenoxy) is 2. The first-order chi connectivity index (χ1) is 9.28. The van der Waals surface area contributed by atoms with Crippen LogP contribution in [0.2, 0.25) is 0 Å². The number of nitrogens with one attached hydrogen (secondary N) is 1. The molecule has 106 valence electrons. The van der Waals surface area contributed by atoms with Gasteiger partial charge in [-0.25, -0.2) is 0 Å². The minimum absolute atomic E-state index is 0.0184. The first kappa shape index (κ1) is 13.9. The van der Waals surface area contributed by atoms with Gasteiger partial charge in [0.2, 0.25) is 5.91 Å². The summed E-state index contributed by atoms with van der Waals surface area (Å²) >= 11 is 0. The molecule has 6 nitrogen and oxygen atoms in total. The molecule has 0 aliphatic carbocycles. The van der Waals surface area contributed by atoms with Crippen molar-refractivity contribution >= 4 is 5.91 Å². The molecule has 6 heteroatoms. The van der Waals surface area contributed by atoms with Gasteiger partial charge in [0.1, 0.15) is 5.76 Å². The Morgan fingerprint density at radius 3 is 3.26 bits per heavy atom. The molecule has 1 saturated heterocycles. The fraction of sp³-hybridized carbons (Fsp3) is 0.692. The number of carbonyl (C=O) groups is 1. The summed E-state index contributed by atoms with van der Waals surface area (Å²) in [5, 5.41) is 6.71. The molecule has 1 unspecified atom stereocenters. The summed E-state index contributed by atoms with van der Waals surface area (Å²) in [6, 6.07) is 1.87. The van der Waals surface area contributed by atoms with Crippen molar-refractivity contribution in [3.8, 4) is 5.88 Å². The number of hydrogen-bond donors (Lipinski definition) is 1. The topological polar surface area (TPSA) is 73.6 Å². The molecule has 1 amide bonds. The minimum atomic E-state index is 0.0184. The maximum absolute atomic E-state index is 11.8. The van der Waals surface area contributed by atoms with E-state index < -0.39 is 0 Å². The van der Waals surface area contributed by atoms with Gasteiger partial charge < -0.3 is 19.3 Å². The second-order valence-electron chi connectivity index (χ2n) is 4.55. The monoisotopic (exact) mass is 268 g/mol. The molecule has 0 radical (unpaired) electrons. The van der Waals surface area contributed by atoms with Crippen molar-refractivity contribution in [2.24, 2.45) is 0 Å². The molecule has 1 aromatic rings. The zero-order valence-electron chi connectivity index (χ0n) is 11.2. The number of aryl methyl sites for hydroxylation is 1. The average Bonchev–Trinajstić information content (AvgIpc) is 2.86. The summed E-state index contributed by atoms with van der Waals surface area (Å²) in [5.41, 5.74) is 0. The van der Waals surface area contributed by atoms with Gasteiger partial charge in [0.15, 0.2) is 0 Å². The Labute approximate surface area is 112 Å². The fourth-order valence-corrected chi connectivity index (χ4v) is 2.02. The van der Waals surface area contributed by atoms with Crippen LogP contribution >= 0.6 is 0 Å². The smallest absolute Gasteiger partial charge is 0.254 e. The molecular weight excluding hydrogens is 248 g/mol. The molecule has 2 rings (SSSR count). The van der Waals surface area contributed by atoms with Crippen LogP contribution in [0.4, 0.5) is 0 Å². The Hall–Kier alpha value is -1.56. The van der Waals surface area contributed by atoms with Gasteiger partial charge in [0.25, 0.3) is 5.88 Å². The molecule has 19 heavy (non-hydrogen) atoms. The molecule has 2 heterocycles. The van der Waals surface area contributed by atoms with Crippen LogP contribution in [-0.2, 0) is 16.0 Å². The van der Waals surface area contributed by atoms with E-state index in [0.29, 0.717) is 37.7 Å². The molecule has 0 bridgehead atoms. The van der Waals surface area contributed by atoms with Gasteiger partial charge in [-0.3, -0.25) is 4.79 Å². The number of nitrogens with zero attached hydrogens (tertiary/aromatic N) is 1. The molecule has 1 N–H and O–H groups in total. The van der Waals surface area contributed by atoms with Crippen molar-refractivity contribution in [1.29, 1.82) is 0 Å². The number of amides is 1. The van der Waals surface area contributed by atoms with E-state index in [1.807, 2.05) is 6.92 Å². The Morgan fingerprint density at radius 2 is 2.53 bits per heavy atom. The number of carbonyl (C=O) groups excluding carboxylic acids is 1. The fourth-order valence-electron chi connectivity index (χ4n) is 2.02. The molecule has 1 atom stereocenters. The Kier molecular flexibility index (Phi) is 5.20. The van der Waals surface area contributed by atoms with Crippen molar-refractivity contribution in [3.63, 3.8) is 0 Å². The molecule has 1 aliphatic rings. The predicted molar refractivity (Wildman–Crippen MR) is 68.0 cm³/mol. The zero-order chi connectivity index (χ0) is 13.5. The normalized spacial score (nSPS) is 19.1. The molecule has 0 saturated carbocycles. The molecule has 1 fully saturated rings. The summed E-state index contributed by atoms with van der Waals surface area (Å²) < 4.78 is 15.6. The molecule has 0 spiro atoms. The van der Waals surface area contributed by atoms with Crippen molar-refractivity contribution in [3.05, 3.63) is 11.8 Å². The largest absolute Gasteiger partial charge is 0.476 e. The lowest BCUT2D eigenvalue weighted by Crippen LogP contribution is -2.40. The van der Waals surface area contributed by atoms with E-state index in [-0.39, 0.29) is 11.9 Å². The second kappa shape index (κ2) is 7.13. The van der Waals surface area contributed by atoms with Crippen LogP contribution < -0.4 is 10.1 Å². The quantitative estimate of drug-likeness (QED) is 0.841. The number of aromatic nitrogens is 1. The summed E-state index contributed by atoms with van der Waals surface area (Å²) in [5.74, 6) is 1.15. The van der Waals surface area contributed by atoms with Crippen molar-refractivity contribution in [2.45, 2.75) is 38.6 Å². The molecular formula is C13H20N2O4. The first-order valence-electron chi connectivity index (χ1n) is 6.73. The van der Waals surface area contributed by atoms with E-state index in [1.165, 1.54) is 0 Å². The lowest BCUT2D eigenvalue weighted by Gasteiger charge is -2.22. The maximum atomic E-state index is 11.8. The average molecular weight is 268 g/mol. The van der Waals surface area contributed by atoms with Crippen molar-refractivity contribution in [2.75, 3.05) is 19.8 Å². The summed E-state index contributed by atoms with van der Waals surface area (Å²) in [7, 11) is 0. The van der Waals surface area contributed by atoms with E-state index in [9.17, 15) is 4.79 Å². The number of rotatable bonds is 6. The third kappa shape index (κ3) is 4.55. The third-order valence-electron chi connectivity index (χ3n) is 2.95. The third-order valence-corrected chi connectivity index (χ3v) is 2.95. The van der Waals surface area contributed by atoms with Gasteiger partial charge in [-0.05, 0) is 24.9 Å². The highest BCUT2D eigenvalue weighted by atomic mass is 16.5. The van der Waals surface area contributed by atoms with Crippen LogP contribution in [0.5, 0.6) is 5.88 Å². The molecule has 0 aromatic carbocycles. The zero-order valence-corrected chi connectivity index (χ0v) is 11.2. The van der Waals surface area contributed by atoms with E-state index in [1.54, 1.807) is 6.07 Å². The van der Waals surface area contributed by atoms with Gasteiger partial charge in [0.05, 0.1) is 19.3 Å². The van der Waals surface area contributed by atoms with Gasteiger partial charge in [0, 0.05) is 25.5 Å². The lowest BCUT2D eigenvalue weighted by molar-refractivity contribution is -0.122. The van der Waals surface area contributed by atoms with E-state index >= 15 is 0 Å². The van der Waals surface area contributed by atoms with Crippen LogP contribution in [0.3, 0.4) is 0 Å². The van der Waals surface area contributed by atoms with Gasteiger partial charge >= 0.3 is 0 Å². The summed E-state index contributed by atoms with van der Waals surface area (Å²) in [4.78, 5) is 11.8. The highest BCUT2D eigenvalue weighted by Gasteiger charge is 2.16. The van der Waals surface area contributed by atoms with Gasteiger partial charge in [-0.2, -0.15) is 0 Å². The Bertz CT molecular complexity index is 399. The second-order valence-corrected chi connectivity index (χ2v) is 4.55. The molecule has 1 aliphatic heterocycles. The highest BCUT2D eigenvalue weighted by Crippen LogP contribution is 2.13. The highest BCUT2D eigenvalue weighted by molar-refractivity contribution is 5.76. The number of hydrogen-bond acceptors (Lipinski definition) is 5. The van der Waals surface area contributed by atoms with Crippen LogP contribution in [0.15, 0.2) is 10.6 Å². The summed E-state index contributed by atoms with van der Waals surface area (Å²) in [6.07, 6.45) is 2.91.